The van der Waals surface area contributed by atoms with E-state index in [0.29, 0.717) is 0 Å². The summed E-state index contributed by atoms with van der Waals surface area (Å²) in [5.41, 5.74) is 0.835. The van der Waals surface area contributed by atoms with Crippen LogP contribution >= 0.6 is 27.3 Å². The third-order valence-corrected chi connectivity index (χ3v) is 10.4. The molecule has 36 heavy (non-hydrogen) atoms. The zero-order chi connectivity index (χ0) is 25.3. The molecule has 7 heteroatoms. The number of piperidine rings is 1. The van der Waals surface area contributed by atoms with Crippen LogP contribution in [-0.2, 0) is 14.9 Å². The fourth-order valence-corrected chi connectivity index (χ4v) is 7.84. The van der Waals surface area contributed by atoms with Crippen molar-refractivity contribution in [2.24, 2.45) is 5.92 Å². The maximum Gasteiger partial charge on any atom is 0.246 e. The second-order valence-corrected chi connectivity index (χ2v) is 12.6. The number of methoxy groups -OCH3 is 2. The number of thiophene rings is 1. The van der Waals surface area contributed by atoms with Gasteiger partial charge < -0.3 is 19.3 Å². The Morgan fingerprint density at radius 2 is 2.08 bits per heavy atom. The molecule has 1 aromatic heterocycles. The highest BCUT2D eigenvalue weighted by atomic mass is 79.9. The van der Waals surface area contributed by atoms with Crippen LogP contribution in [0.3, 0.4) is 0 Å². The van der Waals surface area contributed by atoms with E-state index in [1.807, 2.05) is 42.6 Å². The minimum absolute atomic E-state index is 0.0569. The van der Waals surface area contributed by atoms with Crippen molar-refractivity contribution < 1.29 is 14.3 Å². The van der Waals surface area contributed by atoms with Gasteiger partial charge in [-0.3, -0.25) is 4.79 Å². The van der Waals surface area contributed by atoms with Crippen LogP contribution in [0.15, 0.2) is 46.3 Å². The number of benzene rings is 1. The zero-order valence-corrected chi connectivity index (χ0v) is 23.9. The number of hydrogen-bond acceptors (Lipinski definition) is 5. The summed E-state index contributed by atoms with van der Waals surface area (Å²) in [4.78, 5) is 18.9. The summed E-state index contributed by atoms with van der Waals surface area (Å²) < 4.78 is 13.2. The Bertz CT molecular complexity index is 1120. The minimum atomic E-state index is -0.272. The second kappa shape index (κ2) is 10.6. The van der Waals surface area contributed by atoms with Crippen LogP contribution in [0.1, 0.15) is 49.0 Å². The van der Waals surface area contributed by atoms with E-state index in [1.54, 1.807) is 24.5 Å². The molecular formula is C29H37BrN2O3S. The molecule has 3 aliphatic rings. The average Bonchev–Trinajstić information content (AvgIpc) is 3.63. The van der Waals surface area contributed by atoms with E-state index >= 15 is 0 Å². The topological polar surface area (TPSA) is 42.0 Å². The predicted molar refractivity (Wildman–Crippen MR) is 150 cm³/mol. The Balaban J connectivity index is 1.43. The van der Waals surface area contributed by atoms with E-state index in [0.717, 1.165) is 59.8 Å². The largest absolute Gasteiger partial charge is 0.497 e. The number of fused-ring (bicyclic) bond motifs is 1. The number of carbonyl (C=O) groups is 1. The molecule has 1 aromatic carbocycles. The molecule has 3 fully saturated rings. The van der Waals surface area contributed by atoms with Crippen LogP contribution in [0.2, 0.25) is 0 Å². The fraction of sp³-hybridized carbons (Fsp3) is 0.552. The Morgan fingerprint density at radius 1 is 1.25 bits per heavy atom. The molecule has 2 aliphatic carbocycles. The third-order valence-electron chi connectivity index (χ3n) is 8.77. The summed E-state index contributed by atoms with van der Waals surface area (Å²) in [6.45, 7) is 3.20. The Labute approximate surface area is 227 Å². The first kappa shape index (κ1) is 26.0. The molecule has 0 N–H and O–H groups in total. The number of amides is 1. The van der Waals surface area contributed by atoms with Crippen LogP contribution < -0.4 is 4.74 Å². The second-order valence-electron chi connectivity index (χ2n) is 10.8. The van der Waals surface area contributed by atoms with Gasteiger partial charge >= 0.3 is 0 Å². The van der Waals surface area contributed by atoms with E-state index in [2.05, 4.69) is 39.0 Å². The van der Waals surface area contributed by atoms with Gasteiger partial charge in [-0.15, -0.1) is 11.3 Å². The van der Waals surface area contributed by atoms with Gasteiger partial charge in [0.1, 0.15) is 5.75 Å². The van der Waals surface area contributed by atoms with Crippen LogP contribution in [0, 0.1) is 5.92 Å². The van der Waals surface area contributed by atoms with Crippen molar-refractivity contribution in [3.8, 4) is 5.75 Å². The van der Waals surface area contributed by atoms with Crippen molar-refractivity contribution in [2.45, 2.75) is 55.6 Å². The lowest BCUT2D eigenvalue weighted by Crippen LogP contribution is -2.68. The van der Waals surface area contributed by atoms with Gasteiger partial charge in [-0.25, -0.2) is 0 Å². The Morgan fingerprint density at radius 3 is 2.78 bits per heavy atom. The first-order chi connectivity index (χ1) is 17.4. The SMILES string of the molecule is COc1cccc([C@@]23CCN(CC4CC4)C[C@@]2(OC)CC[C@@H](N(C)C(=O)/C=C/c2cc(Br)cs2)C3)c1. The van der Waals surface area contributed by atoms with Crippen LogP contribution in [0.25, 0.3) is 6.08 Å². The van der Waals surface area contributed by atoms with Gasteiger partial charge in [0.05, 0.1) is 12.7 Å². The maximum atomic E-state index is 13.2. The number of halogens is 1. The van der Waals surface area contributed by atoms with Gasteiger partial charge in [-0.2, -0.15) is 0 Å². The van der Waals surface area contributed by atoms with Crippen LogP contribution in [0.5, 0.6) is 5.75 Å². The number of rotatable bonds is 8. The summed E-state index contributed by atoms with van der Waals surface area (Å²) in [5.74, 6) is 1.80. The standard InChI is InChI=1S/C29H37BrN2O3S/c1-31(27(33)10-9-26-16-23(30)19-36-26)24-11-12-29(35-3)20-32(18-21-7-8-21)14-13-28(29,17-24)22-5-4-6-25(15-22)34-2/h4-6,9-10,15-16,19,21,24H,7-8,11-14,17-18,20H2,1-3H3/b10-9+/t24-,28+,29+/m1/s1. The number of likely N-dealkylation sites (tertiary alicyclic amines) is 1. The summed E-state index contributed by atoms with van der Waals surface area (Å²) in [6, 6.07) is 10.7. The summed E-state index contributed by atoms with van der Waals surface area (Å²) in [6.07, 6.45) is 10.2. The first-order valence-electron chi connectivity index (χ1n) is 13.0. The normalized spacial score (nSPS) is 28.7. The quantitative estimate of drug-likeness (QED) is 0.365. The lowest BCUT2D eigenvalue weighted by molar-refractivity contribution is -0.159. The number of likely N-dealkylation sites (N-methyl/N-ethyl adjacent to an activating group) is 1. The molecule has 194 valence electrons. The maximum absolute atomic E-state index is 13.2. The highest BCUT2D eigenvalue weighted by Crippen LogP contribution is 2.54. The molecule has 3 atom stereocenters. The van der Waals surface area contributed by atoms with E-state index in [1.165, 1.54) is 24.9 Å². The molecular weight excluding hydrogens is 536 g/mol. The summed E-state index contributed by atoms with van der Waals surface area (Å²) in [5, 5.41) is 2.03. The Kier molecular flexibility index (Phi) is 7.64. The number of hydrogen-bond donors (Lipinski definition) is 0. The highest BCUT2D eigenvalue weighted by molar-refractivity contribution is 9.10. The lowest BCUT2D eigenvalue weighted by Gasteiger charge is -2.60. The van der Waals surface area contributed by atoms with Crippen molar-refractivity contribution >= 4 is 39.2 Å². The smallest absolute Gasteiger partial charge is 0.246 e. The molecule has 0 bridgehead atoms. The van der Waals surface area contributed by atoms with Gasteiger partial charge in [0, 0.05) is 59.5 Å². The third kappa shape index (κ3) is 5.04. The number of nitrogens with zero attached hydrogens (tertiary/aromatic N) is 2. The predicted octanol–water partition coefficient (Wildman–Crippen LogP) is 5.98. The fourth-order valence-electron chi connectivity index (χ4n) is 6.51. The first-order valence-corrected chi connectivity index (χ1v) is 14.7. The van der Waals surface area contributed by atoms with Gasteiger partial charge in [0.25, 0.3) is 0 Å². The highest BCUT2D eigenvalue weighted by Gasteiger charge is 2.59. The summed E-state index contributed by atoms with van der Waals surface area (Å²) >= 11 is 5.12. The molecule has 5 rings (SSSR count). The summed E-state index contributed by atoms with van der Waals surface area (Å²) in [7, 11) is 5.59. The molecule has 1 saturated heterocycles. The monoisotopic (exact) mass is 572 g/mol. The molecule has 5 nitrogen and oxygen atoms in total. The van der Waals surface area contributed by atoms with Crippen LogP contribution in [-0.4, -0.2) is 68.3 Å². The molecule has 0 spiro atoms. The zero-order valence-electron chi connectivity index (χ0n) is 21.5. The molecule has 2 heterocycles. The molecule has 2 saturated carbocycles. The molecule has 1 amide bonds. The van der Waals surface area contributed by atoms with Gasteiger partial charge in [0.15, 0.2) is 0 Å². The van der Waals surface area contributed by atoms with Crippen LogP contribution in [0.4, 0.5) is 0 Å². The molecule has 0 radical (unpaired) electrons. The van der Waals surface area contributed by atoms with E-state index in [-0.39, 0.29) is 23.0 Å². The van der Waals surface area contributed by atoms with E-state index < -0.39 is 0 Å². The average molecular weight is 574 g/mol. The van der Waals surface area contributed by atoms with Gasteiger partial charge in [0.2, 0.25) is 5.91 Å². The van der Waals surface area contributed by atoms with Crippen molar-refractivity contribution in [3.05, 3.63) is 56.7 Å². The van der Waals surface area contributed by atoms with Crippen molar-refractivity contribution in [3.63, 3.8) is 0 Å². The molecule has 2 aromatic rings. The van der Waals surface area contributed by atoms with Gasteiger partial charge in [-0.05, 0) is 96.8 Å². The Hall–Kier alpha value is -1.67. The minimum Gasteiger partial charge on any atom is -0.497 e. The van der Waals surface area contributed by atoms with Crippen molar-refractivity contribution in [2.75, 3.05) is 40.9 Å². The van der Waals surface area contributed by atoms with E-state index in [4.69, 9.17) is 9.47 Å². The number of carbonyl (C=O) groups excluding carboxylic acids is 1. The molecule has 1 aliphatic heterocycles. The van der Waals surface area contributed by atoms with Crippen molar-refractivity contribution in [1.29, 1.82) is 0 Å². The lowest BCUT2D eigenvalue weighted by atomic mass is 9.55. The number of ether oxygens (including phenoxy) is 2. The van der Waals surface area contributed by atoms with Gasteiger partial charge in [-0.1, -0.05) is 12.1 Å². The molecule has 0 unspecified atom stereocenters. The van der Waals surface area contributed by atoms with Crippen molar-refractivity contribution in [1.82, 2.24) is 9.80 Å². The van der Waals surface area contributed by atoms with E-state index in [9.17, 15) is 4.79 Å².